The van der Waals surface area contributed by atoms with E-state index in [2.05, 4.69) is 33.8 Å². The zero-order valence-corrected chi connectivity index (χ0v) is 10.8. The summed E-state index contributed by atoms with van der Waals surface area (Å²) in [5, 5.41) is 1.27. The van der Waals surface area contributed by atoms with Crippen LogP contribution in [-0.2, 0) is 0 Å². The molecule has 0 saturated carbocycles. The molecule has 0 fully saturated rings. The highest BCUT2D eigenvalue weighted by Gasteiger charge is 2.18. The lowest BCUT2D eigenvalue weighted by Crippen LogP contribution is -1.98. The van der Waals surface area contributed by atoms with Gasteiger partial charge in [0.05, 0.1) is 6.26 Å². The van der Waals surface area contributed by atoms with Crippen LogP contribution in [-0.4, -0.2) is 10.5 Å². The van der Waals surface area contributed by atoms with Crippen molar-refractivity contribution in [2.45, 2.75) is 42.8 Å². The van der Waals surface area contributed by atoms with Crippen LogP contribution in [0.2, 0.25) is 0 Å². The fourth-order valence-corrected chi connectivity index (χ4v) is 4.20. The molecule has 0 N–H and O–H groups in total. The fourth-order valence-electron chi connectivity index (χ4n) is 1.09. The lowest BCUT2D eigenvalue weighted by atomic mass is 10.5. The van der Waals surface area contributed by atoms with Crippen LogP contribution in [0.25, 0.3) is 0 Å². The minimum absolute atomic E-state index is 0.435. The van der Waals surface area contributed by atoms with Crippen LogP contribution in [0.5, 0.6) is 0 Å². The van der Waals surface area contributed by atoms with E-state index in [0.717, 1.165) is 5.76 Å². The van der Waals surface area contributed by atoms with Gasteiger partial charge in [0.25, 0.3) is 0 Å². The SMILES string of the molecule is CC(C)SC(SC(C)C)c1ccco1. The zero-order valence-electron chi connectivity index (χ0n) is 9.19. The van der Waals surface area contributed by atoms with Crippen molar-refractivity contribution in [1.82, 2.24) is 0 Å². The second-order valence-corrected chi connectivity index (χ2v) is 7.39. The molecular weight excluding hydrogens is 212 g/mol. The Morgan fingerprint density at radius 1 is 1.07 bits per heavy atom. The van der Waals surface area contributed by atoms with Gasteiger partial charge in [-0.05, 0) is 12.1 Å². The molecule has 1 nitrogen and oxygen atoms in total. The van der Waals surface area contributed by atoms with Crippen molar-refractivity contribution in [3.63, 3.8) is 0 Å². The lowest BCUT2D eigenvalue weighted by Gasteiger charge is -2.18. The molecule has 0 aromatic carbocycles. The molecule has 0 aliphatic heterocycles. The van der Waals surface area contributed by atoms with E-state index in [1.165, 1.54) is 0 Å². The largest absolute Gasteiger partial charge is 0.467 e. The first-order chi connectivity index (χ1) is 6.59. The highest BCUT2D eigenvalue weighted by atomic mass is 32.2. The fraction of sp³-hybridized carbons (Fsp3) is 0.636. The third kappa shape index (κ3) is 4.01. The summed E-state index contributed by atoms with van der Waals surface area (Å²) in [5.74, 6) is 1.09. The van der Waals surface area contributed by atoms with E-state index in [1.54, 1.807) is 6.26 Å². The van der Waals surface area contributed by atoms with E-state index in [0.29, 0.717) is 15.1 Å². The average molecular weight is 230 g/mol. The van der Waals surface area contributed by atoms with Gasteiger partial charge in [-0.2, -0.15) is 0 Å². The monoisotopic (exact) mass is 230 g/mol. The molecule has 0 amide bonds. The van der Waals surface area contributed by atoms with Gasteiger partial charge < -0.3 is 4.42 Å². The maximum Gasteiger partial charge on any atom is 0.126 e. The molecule has 1 heterocycles. The highest BCUT2D eigenvalue weighted by molar-refractivity contribution is 8.16. The molecule has 3 heteroatoms. The first kappa shape index (κ1) is 12.1. The Morgan fingerprint density at radius 3 is 2.00 bits per heavy atom. The molecule has 0 aliphatic carbocycles. The lowest BCUT2D eigenvalue weighted by molar-refractivity contribution is 0.528. The first-order valence-electron chi connectivity index (χ1n) is 4.94. The molecule has 0 aliphatic rings. The summed E-state index contributed by atoms with van der Waals surface area (Å²) < 4.78 is 5.89. The van der Waals surface area contributed by atoms with Crippen molar-refractivity contribution in [3.8, 4) is 0 Å². The van der Waals surface area contributed by atoms with Gasteiger partial charge in [0.1, 0.15) is 10.3 Å². The zero-order chi connectivity index (χ0) is 10.6. The average Bonchev–Trinajstić information content (AvgIpc) is 2.52. The quantitative estimate of drug-likeness (QED) is 0.688. The Hall–Kier alpha value is -0.0200. The van der Waals surface area contributed by atoms with Crippen LogP contribution < -0.4 is 0 Å². The third-order valence-electron chi connectivity index (χ3n) is 1.57. The Bertz CT molecular complexity index is 232. The second-order valence-electron chi connectivity index (χ2n) is 3.72. The summed E-state index contributed by atoms with van der Waals surface area (Å²) in [7, 11) is 0. The summed E-state index contributed by atoms with van der Waals surface area (Å²) in [6.07, 6.45) is 1.75. The van der Waals surface area contributed by atoms with Crippen LogP contribution in [0.4, 0.5) is 0 Å². The number of thioether (sulfide) groups is 2. The number of furan rings is 1. The van der Waals surface area contributed by atoms with Crippen molar-refractivity contribution < 1.29 is 4.42 Å². The van der Waals surface area contributed by atoms with E-state index >= 15 is 0 Å². The summed E-state index contributed by atoms with van der Waals surface area (Å²) in [4.78, 5) is 0. The van der Waals surface area contributed by atoms with E-state index < -0.39 is 0 Å². The molecule has 80 valence electrons. The third-order valence-corrected chi connectivity index (χ3v) is 4.28. The van der Waals surface area contributed by atoms with Crippen molar-refractivity contribution >= 4 is 23.5 Å². The van der Waals surface area contributed by atoms with Gasteiger partial charge in [0, 0.05) is 10.5 Å². The topological polar surface area (TPSA) is 13.1 Å². The Kier molecular flexibility index (Phi) is 4.96. The van der Waals surface area contributed by atoms with E-state index in [4.69, 9.17) is 4.42 Å². The number of hydrogen-bond acceptors (Lipinski definition) is 3. The predicted molar refractivity (Wildman–Crippen MR) is 66.9 cm³/mol. The van der Waals surface area contributed by atoms with Crippen molar-refractivity contribution in [2.24, 2.45) is 0 Å². The molecule has 1 aromatic heterocycles. The van der Waals surface area contributed by atoms with Crippen LogP contribution in [0.3, 0.4) is 0 Å². The maximum atomic E-state index is 5.46. The Morgan fingerprint density at radius 2 is 1.64 bits per heavy atom. The second kappa shape index (κ2) is 5.76. The standard InChI is InChI=1S/C11H18OS2/c1-8(2)13-11(14-9(3)4)10-6-5-7-12-10/h5-9,11H,1-4H3. The minimum atomic E-state index is 0.435. The molecule has 0 atom stereocenters. The summed E-state index contributed by atoms with van der Waals surface area (Å²) in [6.45, 7) is 8.89. The van der Waals surface area contributed by atoms with Gasteiger partial charge >= 0.3 is 0 Å². The molecule has 1 aromatic rings. The van der Waals surface area contributed by atoms with Gasteiger partial charge in [-0.1, -0.05) is 27.7 Å². The molecular formula is C11H18OS2. The molecule has 1 rings (SSSR count). The Balaban J connectivity index is 2.62. The normalized spacial score (nSPS) is 11.9. The van der Waals surface area contributed by atoms with E-state index in [-0.39, 0.29) is 0 Å². The predicted octanol–water partition coefficient (Wildman–Crippen LogP) is 4.56. The van der Waals surface area contributed by atoms with Gasteiger partial charge in [-0.3, -0.25) is 0 Å². The maximum absolute atomic E-state index is 5.46. The Labute approximate surface area is 95.0 Å². The molecule has 0 spiro atoms. The number of hydrogen-bond donors (Lipinski definition) is 0. The van der Waals surface area contributed by atoms with E-state index in [1.807, 2.05) is 29.6 Å². The van der Waals surface area contributed by atoms with Crippen LogP contribution >= 0.6 is 23.5 Å². The molecule has 0 radical (unpaired) electrons. The number of rotatable bonds is 5. The highest BCUT2D eigenvalue weighted by Crippen LogP contribution is 2.43. The van der Waals surface area contributed by atoms with Gasteiger partial charge in [-0.15, -0.1) is 23.5 Å². The van der Waals surface area contributed by atoms with Crippen LogP contribution in [0.15, 0.2) is 22.8 Å². The molecule has 0 unspecified atom stereocenters. The van der Waals surface area contributed by atoms with E-state index in [9.17, 15) is 0 Å². The van der Waals surface area contributed by atoms with Crippen LogP contribution in [0.1, 0.15) is 38.0 Å². The van der Waals surface area contributed by atoms with Crippen molar-refractivity contribution in [3.05, 3.63) is 24.2 Å². The van der Waals surface area contributed by atoms with Crippen molar-refractivity contribution in [2.75, 3.05) is 0 Å². The molecule has 0 saturated heterocycles. The smallest absolute Gasteiger partial charge is 0.126 e. The van der Waals surface area contributed by atoms with Gasteiger partial charge in [0.2, 0.25) is 0 Å². The van der Waals surface area contributed by atoms with Crippen LogP contribution in [0, 0.1) is 0 Å². The molecule has 14 heavy (non-hydrogen) atoms. The summed E-state index contributed by atoms with van der Waals surface area (Å²) in [6, 6.07) is 4.03. The van der Waals surface area contributed by atoms with Gasteiger partial charge in [-0.25, -0.2) is 0 Å². The molecule has 0 bridgehead atoms. The summed E-state index contributed by atoms with van der Waals surface area (Å²) in [5.41, 5.74) is 0. The van der Waals surface area contributed by atoms with Gasteiger partial charge in [0.15, 0.2) is 0 Å². The minimum Gasteiger partial charge on any atom is -0.467 e. The first-order valence-corrected chi connectivity index (χ1v) is 6.82. The van der Waals surface area contributed by atoms with Crippen molar-refractivity contribution in [1.29, 1.82) is 0 Å². The summed E-state index contributed by atoms with van der Waals surface area (Å²) >= 11 is 3.91.